The van der Waals surface area contributed by atoms with Crippen LogP contribution in [0.5, 0.6) is 0 Å². The van der Waals surface area contributed by atoms with E-state index in [4.69, 9.17) is 5.73 Å². The maximum absolute atomic E-state index is 12.2. The average molecular weight is 218 g/mol. The van der Waals surface area contributed by atoms with Crippen LogP contribution in [0.25, 0.3) is 0 Å². The molecule has 1 atom stereocenters. The molecule has 1 aromatic carbocycles. The Morgan fingerprint density at radius 3 is 3.00 bits per heavy atom. The molecule has 0 spiro atoms. The fourth-order valence-electron chi connectivity index (χ4n) is 2.23. The Balaban J connectivity index is 2.19. The summed E-state index contributed by atoms with van der Waals surface area (Å²) in [5.74, 6) is 0.139. The number of nitrogens with zero attached hydrogens (tertiary/aromatic N) is 1. The highest BCUT2D eigenvalue weighted by Crippen LogP contribution is 2.19. The normalized spacial score (nSPS) is 20.1. The summed E-state index contributed by atoms with van der Waals surface area (Å²) in [7, 11) is 0. The van der Waals surface area contributed by atoms with E-state index in [-0.39, 0.29) is 5.91 Å². The van der Waals surface area contributed by atoms with Crippen molar-refractivity contribution in [1.82, 2.24) is 4.90 Å². The van der Waals surface area contributed by atoms with Crippen LogP contribution < -0.4 is 5.73 Å². The minimum atomic E-state index is 0.139. The van der Waals surface area contributed by atoms with Crippen LogP contribution in [0, 0.1) is 0 Å². The van der Waals surface area contributed by atoms with Gasteiger partial charge in [-0.3, -0.25) is 4.79 Å². The lowest BCUT2D eigenvalue weighted by atomic mass is 10.1. The fourth-order valence-corrected chi connectivity index (χ4v) is 2.23. The molecule has 0 bridgehead atoms. The first-order valence-corrected chi connectivity index (χ1v) is 5.82. The predicted molar refractivity (Wildman–Crippen MR) is 64.1 cm³/mol. The Bertz CT molecular complexity index is 389. The summed E-state index contributed by atoms with van der Waals surface area (Å²) in [5, 5.41) is 0. The minimum Gasteiger partial charge on any atom is -0.336 e. The monoisotopic (exact) mass is 218 g/mol. The number of rotatable bonds is 2. The van der Waals surface area contributed by atoms with Gasteiger partial charge in [0.2, 0.25) is 0 Å². The first-order valence-electron chi connectivity index (χ1n) is 5.82. The van der Waals surface area contributed by atoms with Crippen molar-refractivity contribution < 1.29 is 4.79 Å². The van der Waals surface area contributed by atoms with Crippen LogP contribution in [-0.4, -0.2) is 23.4 Å². The zero-order valence-electron chi connectivity index (χ0n) is 9.65. The number of hydrogen-bond donors (Lipinski definition) is 1. The zero-order valence-corrected chi connectivity index (χ0v) is 9.65. The van der Waals surface area contributed by atoms with Gasteiger partial charge in [-0.1, -0.05) is 12.1 Å². The summed E-state index contributed by atoms with van der Waals surface area (Å²) in [4.78, 5) is 14.2. The number of amides is 1. The molecule has 1 unspecified atom stereocenters. The van der Waals surface area contributed by atoms with Crippen molar-refractivity contribution in [1.29, 1.82) is 0 Å². The molecular formula is C13H18N2O. The van der Waals surface area contributed by atoms with Gasteiger partial charge < -0.3 is 10.6 Å². The molecule has 1 saturated heterocycles. The van der Waals surface area contributed by atoms with Gasteiger partial charge in [-0.05, 0) is 37.5 Å². The van der Waals surface area contributed by atoms with Gasteiger partial charge >= 0.3 is 0 Å². The van der Waals surface area contributed by atoms with Crippen LogP contribution in [0.4, 0.5) is 0 Å². The molecule has 3 nitrogen and oxygen atoms in total. The minimum absolute atomic E-state index is 0.139. The third-order valence-electron chi connectivity index (χ3n) is 3.22. The highest BCUT2D eigenvalue weighted by Gasteiger charge is 2.25. The molecule has 1 fully saturated rings. The molecule has 0 saturated carbocycles. The Hall–Kier alpha value is -1.35. The zero-order chi connectivity index (χ0) is 11.5. The smallest absolute Gasteiger partial charge is 0.254 e. The molecular weight excluding hydrogens is 200 g/mol. The quantitative estimate of drug-likeness (QED) is 0.822. The van der Waals surface area contributed by atoms with Gasteiger partial charge in [0.05, 0.1) is 0 Å². The second kappa shape index (κ2) is 4.66. The standard InChI is InChI=1S/C13H18N2O/c1-10-4-3-7-15(10)13(16)12-6-2-5-11(8-12)9-14/h2,5-6,8,10H,3-4,7,9,14H2,1H3. The lowest BCUT2D eigenvalue weighted by Crippen LogP contribution is -2.33. The lowest BCUT2D eigenvalue weighted by Gasteiger charge is -2.21. The SMILES string of the molecule is CC1CCCN1C(=O)c1cccc(CN)c1. The Morgan fingerprint density at radius 2 is 2.38 bits per heavy atom. The van der Waals surface area contributed by atoms with E-state index < -0.39 is 0 Å². The van der Waals surface area contributed by atoms with Crippen LogP contribution in [0.3, 0.4) is 0 Å². The van der Waals surface area contributed by atoms with Gasteiger partial charge in [0.15, 0.2) is 0 Å². The molecule has 16 heavy (non-hydrogen) atoms. The molecule has 2 N–H and O–H groups in total. The van der Waals surface area contributed by atoms with Crippen LogP contribution in [0.15, 0.2) is 24.3 Å². The van der Waals surface area contributed by atoms with E-state index in [1.807, 2.05) is 29.2 Å². The highest BCUT2D eigenvalue weighted by atomic mass is 16.2. The first-order chi connectivity index (χ1) is 7.72. The number of hydrogen-bond acceptors (Lipinski definition) is 2. The van der Waals surface area contributed by atoms with Crippen LogP contribution in [-0.2, 0) is 6.54 Å². The fraction of sp³-hybridized carbons (Fsp3) is 0.462. The third kappa shape index (κ3) is 2.09. The van der Waals surface area contributed by atoms with E-state index in [1.54, 1.807) is 0 Å². The topological polar surface area (TPSA) is 46.3 Å². The molecule has 0 aromatic heterocycles. The van der Waals surface area contributed by atoms with Crippen LogP contribution in [0.2, 0.25) is 0 Å². The Labute approximate surface area is 96.2 Å². The van der Waals surface area contributed by atoms with Gasteiger partial charge in [0.1, 0.15) is 0 Å². The lowest BCUT2D eigenvalue weighted by molar-refractivity contribution is 0.0747. The summed E-state index contributed by atoms with van der Waals surface area (Å²) in [5.41, 5.74) is 7.35. The summed E-state index contributed by atoms with van der Waals surface area (Å²) in [6.45, 7) is 3.47. The third-order valence-corrected chi connectivity index (χ3v) is 3.22. The van der Waals surface area contributed by atoms with Gasteiger partial charge in [-0.2, -0.15) is 0 Å². The number of carbonyl (C=O) groups is 1. The summed E-state index contributed by atoms with van der Waals surface area (Å²) in [6.07, 6.45) is 2.23. The average Bonchev–Trinajstić information content (AvgIpc) is 2.74. The second-order valence-corrected chi connectivity index (χ2v) is 4.39. The molecule has 1 aromatic rings. The molecule has 2 rings (SSSR count). The van der Waals surface area contributed by atoms with E-state index >= 15 is 0 Å². The summed E-state index contributed by atoms with van der Waals surface area (Å²) in [6, 6.07) is 7.98. The molecule has 0 aliphatic carbocycles. The van der Waals surface area contributed by atoms with E-state index in [9.17, 15) is 4.79 Å². The van der Waals surface area contributed by atoms with Gasteiger partial charge in [-0.25, -0.2) is 0 Å². The molecule has 1 amide bonds. The largest absolute Gasteiger partial charge is 0.336 e. The second-order valence-electron chi connectivity index (χ2n) is 4.39. The highest BCUT2D eigenvalue weighted by molar-refractivity contribution is 5.94. The summed E-state index contributed by atoms with van der Waals surface area (Å²) >= 11 is 0. The Morgan fingerprint density at radius 1 is 1.56 bits per heavy atom. The van der Waals surface area contributed by atoms with Crippen molar-refractivity contribution in [3.8, 4) is 0 Å². The number of likely N-dealkylation sites (tertiary alicyclic amines) is 1. The first kappa shape index (κ1) is 11.1. The van der Waals surface area contributed by atoms with E-state index in [0.717, 1.165) is 30.5 Å². The number of benzene rings is 1. The molecule has 0 radical (unpaired) electrons. The van der Waals surface area contributed by atoms with Gasteiger partial charge in [-0.15, -0.1) is 0 Å². The van der Waals surface area contributed by atoms with E-state index in [1.165, 1.54) is 0 Å². The van der Waals surface area contributed by atoms with Crippen molar-refractivity contribution in [2.75, 3.05) is 6.54 Å². The van der Waals surface area contributed by atoms with Gasteiger partial charge in [0.25, 0.3) is 5.91 Å². The van der Waals surface area contributed by atoms with E-state index in [2.05, 4.69) is 6.92 Å². The molecule has 86 valence electrons. The van der Waals surface area contributed by atoms with Crippen molar-refractivity contribution >= 4 is 5.91 Å². The van der Waals surface area contributed by atoms with Crippen LogP contribution >= 0.6 is 0 Å². The number of nitrogens with two attached hydrogens (primary N) is 1. The maximum atomic E-state index is 12.2. The van der Waals surface area contributed by atoms with Crippen molar-refractivity contribution in [3.05, 3.63) is 35.4 Å². The maximum Gasteiger partial charge on any atom is 0.254 e. The molecule has 3 heteroatoms. The summed E-state index contributed by atoms with van der Waals surface area (Å²) < 4.78 is 0. The van der Waals surface area contributed by atoms with Crippen molar-refractivity contribution in [3.63, 3.8) is 0 Å². The Kier molecular flexibility index (Phi) is 3.25. The molecule has 1 heterocycles. The van der Waals surface area contributed by atoms with Crippen molar-refractivity contribution in [2.24, 2.45) is 5.73 Å². The molecule has 1 aliphatic heterocycles. The molecule has 1 aliphatic rings. The predicted octanol–water partition coefficient (Wildman–Crippen LogP) is 1.77. The van der Waals surface area contributed by atoms with E-state index in [0.29, 0.717) is 12.6 Å². The van der Waals surface area contributed by atoms with Crippen molar-refractivity contribution in [2.45, 2.75) is 32.4 Å². The van der Waals surface area contributed by atoms with Gasteiger partial charge in [0, 0.05) is 24.7 Å². The van der Waals surface area contributed by atoms with Crippen LogP contribution in [0.1, 0.15) is 35.7 Å². The number of carbonyl (C=O) groups excluding carboxylic acids is 1.